The maximum absolute atomic E-state index is 12.6. The van der Waals surface area contributed by atoms with Gasteiger partial charge in [0.05, 0.1) is 11.0 Å². The molecule has 0 radical (unpaired) electrons. The van der Waals surface area contributed by atoms with Crippen molar-refractivity contribution >= 4 is 10.1 Å². The number of hydrogen-bond donors (Lipinski definition) is 3. The first kappa shape index (κ1) is 36.5. The van der Waals surface area contributed by atoms with Gasteiger partial charge in [-0.25, -0.2) is 0 Å². The Morgan fingerprint density at radius 3 is 2.26 bits per heavy atom. The van der Waals surface area contributed by atoms with Crippen LogP contribution in [0.15, 0.2) is 53.7 Å². The standard InChI is InChI=1S/C33H54NO2.C7H8O3S/c1-22(2)9-7-11-24(4)27-12-13-28-26-19-30(34-18-8-10-23(3)21-34)33(36)20-25(35)14-17-32(33,6)29(26)15-16-31(27,28)5;1-6-2-4-7(5-3-6)11(8,9)10/h8,10,18,21-22,24-30,35-36H,7,9,11-17,19-20H2,1-6H3;2-5H,1H3,(H,8,9,10)/q+1;. The van der Waals surface area contributed by atoms with Crippen LogP contribution in [0.2, 0.25) is 0 Å². The summed E-state index contributed by atoms with van der Waals surface area (Å²) in [5.74, 6) is 4.50. The van der Waals surface area contributed by atoms with Crippen molar-refractivity contribution in [3.05, 3.63) is 59.9 Å². The molecule has 0 saturated heterocycles. The van der Waals surface area contributed by atoms with E-state index in [1.54, 1.807) is 12.1 Å². The van der Waals surface area contributed by atoms with Crippen molar-refractivity contribution in [2.45, 2.75) is 142 Å². The zero-order chi connectivity index (χ0) is 34.4. The molecule has 10 unspecified atom stereocenters. The van der Waals surface area contributed by atoms with Gasteiger partial charge in [0, 0.05) is 29.9 Å². The Kier molecular flexibility index (Phi) is 10.7. The Hall–Kier alpha value is -1.80. The fourth-order valence-electron chi connectivity index (χ4n) is 11.2. The van der Waals surface area contributed by atoms with E-state index in [2.05, 4.69) is 70.6 Å². The molecule has 1 aromatic carbocycles. The highest BCUT2D eigenvalue weighted by molar-refractivity contribution is 7.85. The number of benzene rings is 1. The van der Waals surface area contributed by atoms with Crippen molar-refractivity contribution in [3.63, 3.8) is 0 Å². The lowest BCUT2D eigenvalue weighted by molar-refractivity contribution is -0.748. The van der Waals surface area contributed by atoms with Gasteiger partial charge in [-0.3, -0.25) is 4.55 Å². The Labute approximate surface area is 285 Å². The van der Waals surface area contributed by atoms with Gasteiger partial charge in [0.2, 0.25) is 0 Å². The van der Waals surface area contributed by atoms with Crippen LogP contribution in [0.5, 0.6) is 0 Å². The molecule has 1 aromatic heterocycles. The van der Waals surface area contributed by atoms with Crippen LogP contribution in [-0.4, -0.2) is 34.9 Å². The molecule has 1 heterocycles. The molecule has 262 valence electrons. The number of pyridine rings is 1. The van der Waals surface area contributed by atoms with Crippen LogP contribution < -0.4 is 4.57 Å². The van der Waals surface area contributed by atoms with Gasteiger partial charge >= 0.3 is 0 Å². The Morgan fingerprint density at radius 1 is 0.915 bits per heavy atom. The predicted molar refractivity (Wildman–Crippen MR) is 187 cm³/mol. The summed E-state index contributed by atoms with van der Waals surface area (Å²) in [4.78, 5) is -0.0666. The first-order valence-corrected chi connectivity index (χ1v) is 19.9. The summed E-state index contributed by atoms with van der Waals surface area (Å²) >= 11 is 0. The minimum absolute atomic E-state index is 0.0449. The first-order chi connectivity index (χ1) is 22.0. The number of aliphatic hydroxyl groups excluding tert-OH is 1. The maximum atomic E-state index is 12.6. The number of fused-ring (bicyclic) bond motifs is 5. The van der Waals surface area contributed by atoms with Crippen LogP contribution in [0.1, 0.15) is 122 Å². The highest BCUT2D eigenvalue weighted by Crippen LogP contribution is 2.70. The minimum atomic E-state index is -4.02. The molecule has 0 bridgehead atoms. The van der Waals surface area contributed by atoms with Gasteiger partial charge in [-0.2, -0.15) is 13.0 Å². The molecule has 0 aliphatic heterocycles. The summed E-state index contributed by atoms with van der Waals surface area (Å²) in [6.07, 6.45) is 16.9. The smallest absolute Gasteiger partial charge is 0.294 e. The van der Waals surface area contributed by atoms with Crippen LogP contribution in [0.25, 0.3) is 0 Å². The highest BCUT2D eigenvalue weighted by atomic mass is 32.2. The van der Waals surface area contributed by atoms with Gasteiger partial charge < -0.3 is 10.2 Å². The van der Waals surface area contributed by atoms with Gasteiger partial charge in [-0.05, 0) is 111 Å². The number of aliphatic hydroxyl groups is 2. The van der Waals surface area contributed by atoms with Crippen LogP contribution in [0.3, 0.4) is 0 Å². The topological polar surface area (TPSA) is 98.7 Å². The number of nitrogens with zero attached hydrogens (tertiary/aromatic N) is 1. The van der Waals surface area contributed by atoms with E-state index in [-0.39, 0.29) is 22.5 Å². The third-order valence-corrected chi connectivity index (χ3v) is 14.6. The van der Waals surface area contributed by atoms with Crippen molar-refractivity contribution in [3.8, 4) is 0 Å². The molecule has 3 N–H and O–H groups in total. The largest absolute Gasteiger partial charge is 0.393 e. The number of aryl methyl sites for hydroxylation is 2. The normalized spacial score (nSPS) is 37.3. The molecule has 47 heavy (non-hydrogen) atoms. The molecule has 7 heteroatoms. The third-order valence-electron chi connectivity index (χ3n) is 13.7. The summed E-state index contributed by atoms with van der Waals surface area (Å²) in [6.45, 7) is 16.3. The average molecular weight is 669 g/mol. The van der Waals surface area contributed by atoms with Gasteiger partial charge in [0.25, 0.3) is 10.1 Å². The molecule has 4 aliphatic carbocycles. The lowest BCUT2D eigenvalue weighted by Crippen LogP contribution is -2.71. The molecule has 4 fully saturated rings. The van der Waals surface area contributed by atoms with Crippen molar-refractivity contribution in [2.24, 2.45) is 46.3 Å². The summed E-state index contributed by atoms with van der Waals surface area (Å²) < 4.78 is 31.9. The molecular weight excluding hydrogens is 607 g/mol. The lowest BCUT2D eigenvalue weighted by Gasteiger charge is -2.64. The quantitative estimate of drug-likeness (QED) is 0.204. The molecule has 6 rings (SSSR count). The predicted octanol–water partition coefficient (Wildman–Crippen LogP) is 8.27. The zero-order valence-corrected chi connectivity index (χ0v) is 30.8. The first-order valence-electron chi connectivity index (χ1n) is 18.4. The highest BCUT2D eigenvalue weighted by Gasteiger charge is 2.70. The monoisotopic (exact) mass is 668 g/mol. The summed E-state index contributed by atoms with van der Waals surface area (Å²) in [5.41, 5.74) is 1.67. The van der Waals surface area contributed by atoms with E-state index in [1.807, 2.05) is 6.92 Å². The van der Waals surface area contributed by atoms with Crippen molar-refractivity contribution in [2.75, 3.05) is 0 Å². The lowest BCUT2D eigenvalue weighted by atomic mass is 9.42. The third kappa shape index (κ3) is 7.11. The second kappa shape index (κ2) is 13.8. The van der Waals surface area contributed by atoms with Crippen LogP contribution in [0, 0.1) is 60.2 Å². The molecule has 4 aliphatic rings. The van der Waals surface area contributed by atoms with E-state index in [1.165, 1.54) is 62.6 Å². The van der Waals surface area contributed by atoms with E-state index in [4.69, 9.17) is 4.55 Å². The number of hydrogen-bond acceptors (Lipinski definition) is 4. The van der Waals surface area contributed by atoms with E-state index >= 15 is 0 Å². The Balaban J connectivity index is 0.000000335. The van der Waals surface area contributed by atoms with E-state index in [9.17, 15) is 18.6 Å². The van der Waals surface area contributed by atoms with Crippen LogP contribution in [-0.2, 0) is 10.1 Å². The molecule has 2 aromatic rings. The second-order valence-electron chi connectivity index (χ2n) is 17.0. The molecule has 4 saturated carbocycles. The fourth-order valence-corrected chi connectivity index (χ4v) is 11.7. The second-order valence-corrected chi connectivity index (χ2v) is 18.4. The van der Waals surface area contributed by atoms with Gasteiger partial charge in [0.1, 0.15) is 5.60 Å². The van der Waals surface area contributed by atoms with Gasteiger partial charge in [0.15, 0.2) is 18.4 Å². The van der Waals surface area contributed by atoms with E-state index in [0.29, 0.717) is 23.7 Å². The molecule has 0 spiro atoms. The molecule has 6 nitrogen and oxygen atoms in total. The average Bonchev–Trinajstić information content (AvgIpc) is 3.35. The fraction of sp³-hybridized carbons (Fsp3) is 0.725. The van der Waals surface area contributed by atoms with Crippen molar-refractivity contribution < 1.29 is 27.8 Å². The van der Waals surface area contributed by atoms with Crippen molar-refractivity contribution in [1.29, 1.82) is 0 Å². The summed E-state index contributed by atoms with van der Waals surface area (Å²) in [7, 11) is -4.02. The van der Waals surface area contributed by atoms with Crippen molar-refractivity contribution in [1.82, 2.24) is 0 Å². The van der Waals surface area contributed by atoms with E-state index < -0.39 is 15.7 Å². The Morgan fingerprint density at radius 2 is 1.62 bits per heavy atom. The molecule has 10 atom stereocenters. The van der Waals surface area contributed by atoms with Crippen LogP contribution >= 0.6 is 0 Å². The van der Waals surface area contributed by atoms with Gasteiger partial charge in [-0.15, -0.1) is 0 Å². The summed E-state index contributed by atoms with van der Waals surface area (Å²) in [6, 6.07) is 10.3. The number of aromatic nitrogens is 1. The molecular formula is C40H62NO5S+. The maximum Gasteiger partial charge on any atom is 0.294 e. The SMILES string of the molecule is Cc1ccc(S(=O)(=O)O)cc1.Cc1ccc[n+](C2CC3C4CCC(C(C)CCCC(C)C)C4(C)CCC3C3(C)CCC(O)CC23O)c1. The Bertz CT molecular complexity index is 1480. The number of rotatable bonds is 7. The van der Waals surface area contributed by atoms with E-state index in [0.717, 1.165) is 48.5 Å². The zero-order valence-electron chi connectivity index (χ0n) is 30.0. The molecule has 0 amide bonds. The van der Waals surface area contributed by atoms with Crippen LogP contribution in [0.4, 0.5) is 0 Å². The minimum Gasteiger partial charge on any atom is -0.393 e. The van der Waals surface area contributed by atoms with Gasteiger partial charge in [-0.1, -0.05) is 71.6 Å². The summed E-state index contributed by atoms with van der Waals surface area (Å²) in [5, 5.41) is 23.3.